The van der Waals surface area contributed by atoms with Gasteiger partial charge in [-0.05, 0) is 74.9 Å². The van der Waals surface area contributed by atoms with Crippen molar-refractivity contribution in [2.24, 2.45) is 0 Å². The molecule has 0 radical (unpaired) electrons. The zero-order valence-electron chi connectivity index (χ0n) is 21.4. The van der Waals surface area contributed by atoms with Gasteiger partial charge in [0.1, 0.15) is 5.75 Å². The van der Waals surface area contributed by atoms with Crippen LogP contribution in [0.2, 0.25) is 5.02 Å². The molecule has 4 aromatic carbocycles. The highest BCUT2D eigenvalue weighted by Crippen LogP contribution is 2.30. The molecule has 38 heavy (non-hydrogen) atoms. The highest BCUT2D eigenvalue weighted by Gasteiger charge is 2.28. The lowest BCUT2D eigenvalue weighted by Gasteiger charge is -2.27. The van der Waals surface area contributed by atoms with Crippen molar-refractivity contribution in [3.05, 3.63) is 119 Å². The minimum atomic E-state index is -4.03. The van der Waals surface area contributed by atoms with Gasteiger partial charge in [0.05, 0.1) is 28.8 Å². The lowest BCUT2D eigenvalue weighted by atomic mass is 10.1. The van der Waals surface area contributed by atoms with Crippen molar-refractivity contribution in [1.82, 2.24) is 0 Å². The van der Waals surface area contributed by atoms with Gasteiger partial charge in [-0.2, -0.15) is 0 Å². The highest BCUT2D eigenvalue weighted by molar-refractivity contribution is 7.92. The van der Waals surface area contributed by atoms with Gasteiger partial charge in [-0.25, -0.2) is 8.42 Å². The first kappa shape index (κ1) is 27.2. The number of carbonyl (C=O) groups excluding carboxylic acids is 1. The average molecular weight is 549 g/mol. The summed E-state index contributed by atoms with van der Waals surface area (Å²) >= 11 is 6.05. The van der Waals surface area contributed by atoms with Gasteiger partial charge >= 0.3 is 0 Å². The van der Waals surface area contributed by atoms with E-state index in [0.29, 0.717) is 16.5 Å². The van der Waals surface area contributed by atoms with Gasteiger partial charge in [-0.15, -0.1) is 0 Å². The third-order valence-electron chi connectivity index (χ3n) is 5.73. The van der Waals surface area contributed by atoms with Gasteiger partial charge < -0.3 is 10.1 Å². The number of hydrogen-bond donors (Lipinski definition) is 1. The molecule has 0 saturated carbocycles. The lowest BCUT2D eigenvalue weighted by molar-refractivity contribution is 0.102. The van der Waals surface area contributed by atoms with E-state index in [1.165, 1.54) is 4.31 Å². The molecular formula is C30H29ClN2O4S. The maximum Gasteiger partial charge on any atom is 0.264 e. The molecule has 6 nitrogen and oxygen atoms in total. The fraction of sp³-hybridized carbons (Fsp3) is 0.167. The monoisotopic (exact) mass is 548 g/mol. The molecule has 196 valence electrons. The van der Waals surface area contributed by atoms with Gasteiger partial charge in [0.15, 0.2) is 0 Å². The number of para-hydroxylation sites is 1. The first-order valence-corrected chi connectivity index (χ1v) is 14.0. The summed E-state index contributed by atoms with van der Waals surface area (Å²) in [6, 6.07) is 27.3. The smallest absolute Gasteiger partial charge is 0.264 e. The Morgan fingerprint density at radius 3 is 2.29 bits per heavy atom. The van der Waals surface area contributed by atoms with Crippen LogP contribution in [0.25, 0.3) is 0 Å². The molecule has 4 rings (SSSR count). The second kappa shape index (κ2) is 11.7. The fourth-order valence-corrected chi connectivity index (χ4v) is 5.49. The number of nitrogens with one attached hydrogen (secondary N) is 1. The van der Waals surface area contributed by atoms with Gasteiger partial charge in [0, 0.05) is 16.8 Å². The second-order valence-corrected chi connectivity index (χ2v) is 11.4. The summed E-state index contributed by atoms with van der Waals surface area (Å²) in [4.78, 5) is 13.6. The van der Waals surface area contributed by atoms with Crippen LogP contribution in [-0.4, -0.2) is 20.4 Å². The number of nitrogens with zero attached hydrogens (tertiary/aromatic N) is 1. The Balaban J connectivity index is 1.74. The van der Waals surface area contributed by atoms with E-state index in [1.807, 2.05) is 26.8 Å². The SMILES string of the molecule is Cc1ccc(S(=O)(=O)N(Cc2ccc(Cl)cc2)c2ccccc2C(=O)Nc2cccc(OC(C)C)c2)cc1. The molecule has 0 heterocycles. The summed E-state index contributed by atoms with van der Waals surface area (Å²) in [5.74, 6) is 0.180. The Morgan fingerprint density at radius 2 is 1.61 bits per heavy atom. The summed E-state index contributed by atoms with van der Waals surface area (Å²) in [7, 11) is -4.03. The number of halogens is 1. The van der Waals surface area contributed by atoms with Gasteiger partial charge in [0.2, 0.25) is 0 Å². The maximum absolute atomic E-state index is 13.9. The van der Waals surface area contributed by atoms with Crippen molar-refractivity contribution in [3.8, 4) is 5.75 Å². The van der Waals surface area contributed by atoms with Crippen molar-refractivity contribution in [3.63, 3.8) is 0 Å². The van der Waals surface area contributed by atoms with Crippen molar-refractivity contribution in [1.29, 1.82) is 0 Å². The molecular weight excluding hydrogens is 520 g/mol. The van der Waals surface area contributed by atoms with Crippen molar-refractivity contribution in [2.75, 3.05) is 9.62 Å². The number of amides is 1. The van der Waals surface area contributed by atoms with E-state index in [1.54, 1.807) is 91.0 Å². The molecule has 0 fully saturated rings. The molecule has 4 aromatic rings. The van der Waals surface area contributed by atoms with Crippen LogP contribution in [-0.2, 0) is 16.6 Å². The summed E-state index contributed by atoms with van der Waals surface area (Å²) in [5.41, 5.74) is 2.67. The molecule has 0 aliphatic carbocycles. The molecule has 0 atom stereocenters. The van der Waals surface area contributed by atoms with Crippen LogP contribution in [0.3, 0.4) is 0 Å². The number of carbonyl (C=O) groups is 1. The maximum atomic E-state index is 13.9. The van der Waals surface area contributed by atoms with E-state index in [-0.39, 0.29) is 28.8 Å². The van der Waals surface area contributed by atoms with E-state index in [0.717, 1.165) is 11.1 Å². The van der Waals surface area contributed by atoms with E-state index >= 15 is 0 Å². The van der Waals surface area contributed by atoms with Crippen LogP contribution in [0, 0.1) is 6.92 Å². The first-order valence-electron chi connectivity index (χ1n) is 12.1. The summed E-state index contributed by atoms with van der Waals surface area (Å²) in [5, 5.41) is 3.43. The number of rotatable bonds is 9. The second-order valence-electron chi connectivity index (χ2n) is 9.12. The van der Waals surface area contributed by atoms with Gasteiger partial charge in [-0.3, -0.25) is 9.10 Å². The van der Waals surface area contributed by atoms with E-state index < -0.39 is 15.9 Å². The number of anilines is 2. The third kappa shape index (κ3) is 6.54. The molecule has 0 aliphatic rings. The van der Waals surface area contributed by atoms with Crippen LogP contribution in [0.15, 0.2) is 102 Å². The van der Waals surface area contributed by atoms with E-state index in [4.69, 9.17) is 16.3 Å². The topological polar surface area (TPSA) is 75.7 Å². The Labute approximate surface area is 228 Å². The molecule has 1 N–H and O–H groups in total. The molecule has 0 spiro atoms. The first-order chi connectivity index (χ1) is 18.1. The van der Waals surface area contributed by atoms with Crippen molar-refractivity contribution in [2.45, 2.75) is 38.3 Å². The Kier molecular flexibility index (Phi) is 8.39. The predicted octanol–water partition coefficient (Wildman–Crippen LogP) is 7.08. The third-order valence-corrected chi connectivity index (χ3v) is 7.76. The van der Waals surface area contributed by atoms with Crippen LogP contribution >= 0.6 is 11.6 Å². The minimum Gasteiger partial charge on any atom is -0.491 e. The number of sulfonamides is 1. The fourth-order valence-electron chi connectivity index (χ4n) is 3.89. The molecule has 1 amide bonds. The Hall–Kier alpha value is -3.81. The van der Waals surface area contributed by atoms with Gasteiger partial charge in [-0.1, -0.05) is 59.6 Å². The van der Waals surface area contributed by atoms with Crippen molar-refractivity contribution >= 4 is 38.9 Å². The zero-order chi connectivity index (χ0) is 27.3. The van der Waals surface area contributed by atoms with E-state index in [2.05, 4.69) is 5.32 Å². The Morgan fingerprint density at radius 1 is 0.921 bits per heavy atom. The van der Waals surface area contributed by atoms with Crippen LogP contribution in [0.4, 0.5) is 11.4 Å². The summed E-state index contributed by atoms with van der Waals surface area (Å²) < 4.78 is 34.9. The van der Waals surface area contributed by atoms with Gasteiger partial charge in [0.25, 0.3) is 15.9 Å². The predicted molar refractivity (Wildman–Crippen MR) is 153 cm³/mol. The minimum absolute atomic E-state index is 0.00931. The normalized spacial score (nSPS) is 11.3. The molecule has 0 aliphatic heterocycles. The van der Waals surface area contributed by atoms with Crippen molar-refractivity contribution < 1.29 is 17.9 Å². The summed E-state index contributed by atoms with van der Waals surface area (Å²) in [6.45, 7) is 5.74. The largest absolute Gasteiger partial charge is 0.491 e. The lowest BCUT2D eigenvalue weighted by Crippen LogP contribution is -2.32. The molecule has 0 aromatic heterocycles. The molecule has 0 saturated heterocycles. The number of benzene rings is 4. The molecule has 0 unspecified atom stereocenters. The number of hydrogen-bond acceptors (Lipinski definition) is 4. The zero-order valence-corrected chi connectivity index (χ0v) is 23.0. The number of ether oxygens (including phenoxy) is 1. The standard InChI is InChI=1S/C30H29ClN2O4S/c1-21(2)37-26-8-6-7-25(19-26)32-30(34)28-9-4-5-10-29(28)33(20-23-13-15-24(31)16-14-23)38(35,36)27-17-11-22(3)12-18-27/h4-19,21H,20H2,1-3H3,(H,32,34). The molecule has 8 heteroatoms. The van der Waals surface area contributed by atoms with Crippen LogP contribution < -0.4 is 14.4 Å². The highest BCUT2D eigenvalue weighted by atomic mass is 35.5. The average Bonchev–Trinajstić information content (AvgIpc) is 2.88. The Bertz CT molecular complexity index is 1520. The quantitative estimate of drug-likeness (QED) is 0.242. The summed E-state index contributed by atoms with van der Waals surface area (Å²) in [6.07, 6.45) is -0.0184. The van der Waals surface area contributed by atoms with E-state index in [9.17, 15) is 13.2 Å². The number of aryl methyl sites for hydroxylation is 1. The van der Waals surface area contributed by atoms with Crippen LogP contribution in [0.5, 0.6) is 5.75 Å². The van der Waals surface area contributed by atoms with Crippen LogP contribution in [0.1, 0.15) is 35.3 Å². The molecule has 0 bridgehead atoms.